The predicted octanol–water partition coefficient (Wildman–Crippen LogP) is 2.49. The van der Waals surface area contributed by atoms with Crippen LogP contribution in [-0.2, 0) is 16.1 Å². The molecule has 2 aliphatic rings. The Labute approximate surface area is 173 Å². The SMILES string of the molecule is CN=C(NCc1cccc(NC(C)=O)c1)NC1CCN(C(=O)C2CCCCC2)C1. The number of rotatable bonds is 5. The van der Waals surface area contributed by atoms with E-state index in [2.05, 4.69) is 20.9 Å². The third kappa shape index (κ3) is 6.21. The number of benzene rings is 1. The monoisotopic (exact) mass is 399 g/mol. The summed E-state index contributed by atoms with van der Waals surface area (Å²) in [4.78, 5) is 30.3. The van der Waals surface area contributed by atoms with Crippen molar-refractivity contribution in [1.29, 1.82) is 0 Å². The number of guanidine groups is 1. The molecule has 1 aliphatic heterocycles. The second-order valence-corrected chi connectivity index (χ2v) is 8.06. The van der Waals surface area contributed by atoms with Gasteiger partial charge in [-0.3, -0.25) is 14.6 Å². The first kappa shape index (κ1) is 21.1. The Bertz CT molecular complexity index is 742. The average molecular weight is 400 g/mol. The van der Waals surface area contributed by atoms with Crippen molar-refractivity contribution in [1.82, 2.24) is 15.5 Å². The molecule has 2 amide bonds. The molecule has 7 nitrogen and oxygen atoms in total. The molecule has 2 fully saturated rings. The Hall–Kier alpha value is -2.57. The Morgan fingerprint density at radius 1 is 1.17 bits per heavy atom. The van der Waals surface area contributed by atoms with Crippen molar-refractivity contribution >= 4 is 23.5 Å². The van der Waals surface area contributed by atoms with Crippen LogP contribution in [0.5, 0.6) is 0 Å². The molecule has 0 aromatic heterocycles. The molecule has 7 heteroatoms. The summed E-state index contributed by atoms with van der Waals surface area (Å²) >= 11 is 0. The van der Waals surface area contributed by atoms with Crippen molar-refractivity contribution in [2.75, 3.05) is 25.5 Å². The number of carbonyl (C=O) groups is 2. The third-order valence-electron chi connectivity index (χ3n) is 5.73. The first-order valence-corrected chi connectivity index (χ1v) is 10.7. The van der Waals surface area contributed by atoms with E-state index < -0.39 is 0 Å². The maximum absolute atomic E-state index is 12.7. The van der Waals surface area contributed by atoms with E-state index in [-0.39, 0.29) is 17.9 Å². The molecule has 3 rings (SSSR count). The van der Waals surface area contributed by atoms with Gasteiger partial charge in [-0.2, -0.15) is 0 Å². The van der Waals surface area contributed by atoms with Crippen LogP contribution in [0.15, 0.2) is 29.3 Å². The zero-order chi connectivity index (χ0) is 20.6. The first-order chi connectivity index (χ1) is 14.0. The molecule has 0 spiro atoms. The number of likely N-dealkylation sites (tertiary alicyclic amines) is 1. The van der Waals surface area contributed by atoms with Gasteiger partial charge in [0.2, 0.25) is 11.8 Å². The minimum atomic E-state index is -0.0823. The second kappa shape index (κ2) is 10.3. The molecule has 1 atom stereocenters. The van der Waals surface area contributed by atoms with Gasteiger partial charge in [0.25, 0.3) is 0 Å². The number of carbonyl (C=O) groups excluding carboxylic acids is 2. The molecule has 0 bridgehead atoms. The fourth-order valence-corrected chi connectivity index (χ4v) is 4.22. The predicted molar refractivity (Wildman–Crippen MR) is 116 cm³/mol. The van der Waals surface area contributed by atoms with E-state index in [0.717, 1.165) is 49.6 Å². The van der Waals surface area contributed by atoms with Gasteiger partial charge in [0, 0.05) is 51.3 Å². The highest BCUT2D eigenvalue weighted by molar-refractivity contribution is 5.88. The molecule has 1 unspecified atom stereocenters. The number of aliphatic imine (C=N–C) groups is 1. The van der Waals surface area contributed by atoms with Crippen molar-refractivity contribution in [2.45, 2.75) is 58.0 Å². The first-order valence-electron chi connectivity index (χ1n) is 10.7. The normalized spacial score (nSPS) is 20.4. The van der Waals surface area contributed by atoms with Gasteiger partial charge in [0.1, 0.15) is 0 Å². The smallest absolute Gasteiger partial charge is 0.225 e. The molecule has 1 aliphatic carbocycles. The molecule has 1 heterocycles. The summed E-state index contributed by atoms with van der Waals surface area (Å²) in [7, 11) is 1.75. The van der Waals surface area contributed by atoms with Crippen molar-refractivity contribution in [3.05, 3.63) is 29.8 Å². The van der Waals surface area contributed by atoms with Crippen molar-refractivity contribution in [2.24, 2.45) is 10.9 Å². The van der Waals surface area contributed by atoms with Crippen LogP contribution in [0.25, 0.3) is 0 Å². The van der Waals surface area contributed by atoms with E-state index in [0.29, 0.717) is 12.5 Å². The van der Waals surface area contributed by atoms with Gasteiger partial charge in [-0.1, -0.05) is 31.4 Å². The molecule has 29 heavy (non-hydrogen) atoms. The molecule has 158 valence electrons. The zero-order valence-corrected chi connectivity index (χ0v) is 17.5. The largest absolute Gasteiger partial charge is 0.352 e. The summed E-state index contributed by atoms with van der Waals surface area (Å²) in [5, 5.41) is 9.57. The van der Waals surface area contributed by atoms with Gasteiger partial charge < -0.3 is 20.9 Å². The van der Waals surface area contributed by atoms with Gasteiger partial charge in [0.05, 0.1) is 0 Å². The van der Waals surface area contributed by atoms with Crippen LogP contribution in [0.2, 0.25) is 0 Å². The minimum absolute atomic E-state index is 0.0823. The Morgan fingerprint density at radius 2 is 1.97 bits per heavy atom. The van der Waals surface area contributed by atoms with Crippen LogP contribution in [-0.4, -0.2) is 48.9 Å². The van der Waals surface area contributed by atoms with E-state index in [1.54, 1.807) is 7.05 Å². The van der Waals surface area contributed by atoms with Crippen molar-refractivity contribution < 1.29 is 9.59 Å². The quantitative estimate of drug-likeness (QED) is 0.525. The minimum Gasteiger partial charge on any atom is -0.352 e. The van der Waals surface area contributed by atoms with E-state index in [9.17, 15) is 9.59 Å². The van der Waals surface area contributed by atoms with Gasteiger partial charge >= 0.3 is 0 Å². The van der Waals surface area contributed by atoms with E-state index >= 15 is 0 Å². The molecule has 0 radical (unpaired) electrons. The standard InChI is InChI=1S/C22H33N5O2/c1-16(28)25-19-10-6-7-17(13-19)14-24-22(23-2)26-20-11-12-27(15-20)21(29)18-8-4-3-5-9-18/h6-7,10,13,18,20H,3-5,8-9,11-12,14-15H2,1-2H3,(H,25,28)(H2,23,24,26). The Kier molecular flexibility index (Phi) is 7.49. The second-order valence-electron chi connectivity index (χ2n) is 8.06. The topological polar surface area (TPSA) is 85.8 Å². The van der Waals surface area contributed by atoms with Crippen LogP contribution in [0.3, 0.4) is 0 Å². The lowest BCUT2D eigenvalue weighted by molar-refractivity contribution is -0.135. The molecule has 1 saturated heterocycles. The highest BCUT2D eigenvalue weighted by Crippen LogP contribution is 2.26. The zero-order valence-electron chi connectivity index (χ0n) is 17.5. The summed E-state index contributed by atoms with van der Waals surface area (Å²) in [6.07, 6.45) is 6.68. The van der Waals surface area contributed by atoms with Crippen LogP contribution in [0.4, 0.5) is 5.69 Å². The summed E-state index contributed by atoms with van der Waals surface area (Å²) in [6, 6.07) is 7.96. The molecule has 1 aromatic carbocycles. The molecular weight excluding hydrogens is 366 g/mol. The van der Waals surface area contributed by atoms with E-state index in [4.69, 9.17) is 0 Å². The van der Waals surface area contributed by atoms with E-state index in [1.807, 2.05) is 29.2 Å². The Balaban J connectivity index is 1.47. The maximum atomic E-state index is 12.7. The molecule has 1 saturated carbocycles. The van der Waals surface area contributed by atoms with E-state index in [1.165, 1.54) is 26.2 Å². The van der Waals surface area contributed by atoms with Gasteiger partial charge in [-0.25, -0.2) is 0 Å². The lowest BCUT2D eigenvalue weighted by Crippen LogP contribution is -2.45. The summed E-state index contributed by atoms with van der Waals surface area (Å²) in [5.74, 6) is 1.22. The maximum Gasteiger partial charge on any atom is 0.225 e. The summed E-state index contributed by atoms with van der Waals surface area (Å²) in [6.45, 7) is 3.67. The molecule has 1 aromatic rings. The van der Waals surface area contributed by atoms with Gasteiger partial charge in [-0.15, -0.1) is 0 Å². The van der Waals surface area contributed by atoms with Crippen LogP contribution < -0.4 is 16.0 Å². The summed E-state index contributed by atoms with van der Waals surface area (Å²) < 4.78 is 0. The van der Waals surface area contributed by atoms with Crippen LogP contribution in [0, 0.1) is 5.92 Å². The van der Waals surface area contributed by atoms with Gasteiger partial charge in [-0.05, 0) is 37.0 Å². The molecular formula is C22H33N5O2. The highest BCUT2D eigenvalue weighted by atomic mass is 16.2. The lowest BCUT2D eigenvalue weighted by atomic mass is 9.88. The van der Waals surface area contributed by atoms with Crippen molar-refractivity contribution in [3.63, 3.8) is 0 Å². The fourth-order valence-electron chi connectivity index (χ4n) is 4.22. The number of amides is 2. The van der Waals surface area contributed by atoms with Crippen LogP contribution in [0.1, 0.15) is 51.0 Å². The number of nitrogens with zero attached hydrogens (tertiary/aromatic N) is 2. The molecule has 3 N–H and O–H groups in total. The number of anilines is 1. The number of hydrogen-bond acceptors (Lipinski definition) is 3. The highest BCUT2D eigenvalue weighted by Gasteiger charge is 2.31. The summed E-state index contributed by atoms with van der Waals surface area (Å²) in [5.41, 5.74) is 1.84. The Morgan fingerprint density at radius 3 is 2.69 bits per heavy atom. The third-order valence-corrected chi connectivity index (χ3v) is 5.73. The van der Waals surface area contributed by atoms with Crippen molar-refractivity contribution in [3.8, 4) is 0 Å². The fraction of sp³-hybridized carbons (Fsp3) is 0.591. The number of hydrogen-bond donors (Lipinski definition) is 3. The number of nitrogens with one attached hydrogen (secondary N) is 3. The average Bonchev–Trinajstić information content (AvgIpc) is 3.19. The van der Waals surface area contributed by atoms with Gasteiger partial charge in [0.15, 0.2) is 5.96 Å². The lowest BCUT2D eigenvalue weighted by Gasteiger charge is -2.26. The van der Waals surface area contributed by atoms with Crippen LogP contribution >= 0.6 is 0 Å².